The zero-order valence-corrected chi connectivity index (χ0v) is 14.1. The fourth-order valence-corrected chi connectivity index (χ4v) is 2.51. The fraction of sp³-hybridized carbons (Fsp3) is 0.100. The standard InChI is InChI=1S/C20H16F3N3O/c21-20(22,23)16-8-4-5-9-17(16)26-18-11-10-15(13-24-18)25-19(27)12-14-6-2-1-3-7-14/h1-11,13H,12H2,(H,24,26)(H,25,27). The lowest BCUT2D eigenvalue weighted by atomic mass is 10.1. The molecule has 0 radical (unpaired) electrons. The maximum absolute atomic E-state index is 13.0. The SMILES string of the molecule is O=C(Cc1ccccc1)Nc1ccc(Nc2ccccc2C(F)(F)F)nc1. The molecule has 138 valence electrons. The van der Waals surface area contributed by atoms with E-state index in [2.05, 4.69) is 15.6 Å². The molecule has 27 heavy (non-hydrogen) atoms. The zero-order valence-electron chi connectivity index (χ0n) is 14.1. The van der Waals surface area contributed by atoms with Crippen LogP contribution in [0, 0.1) is 0 Å². The summed E-state index contributed by atoms with van der Waals surface area (Å²) in [6.45, 7) is 0. The Bertz CT molecular complexity index is 910. The summed E-state index contributed by atoms with van der Waals surface area (Å²) in [5, 5.41) is 5.36. The van der Waals surface area contributed by atoms with Gasteiger partial charge in [0.15, 0.2) is 0 Å². The fourth-order valence-electron chi connectivity index (χ4n) is 2.51. The van der Waals surface area contributed by atoms with E-state index in [0.29, 0.717) is 5.69 Å². The first kappa shape index (κ1) is 18.4. The van der Waals surface area contributed by atoms with Crippen molar-refractivity contribution in [3.63, 3.8) is 0 Å². The van der Waals surface area contributed by atoms with Crippen LogP contribution in [-0.4, -0.2) is 10.9 Å². The minimum absolute atomic E-state index is 0.0848. The highest BCUT2D eigenvalue weighted by atomic mass is 19.4. The monoisotopic (exact) mass is 371 g/mol. The van der Waals surface area contributed by atoms with E-state index in [0.717, 1.165) is 11.6 Å². The van der Waals surface area contributed by atoms with Gasteiger partial charge in [-0.05, 0) is 29.8 Å². The molecule has 0 spiro atoms. The topological polar surface area (TPSA) is 54.0 Å². The van der Waals surface area contributed by atoms with Crippen LogP contribution in [0.5, 0.6) is 0 Å². The molecule has 0 bridgehead atoms. The lowest BCUT2D eigenvalue weighted by molar-refractivity contribution is -0.136. The Morgan fingerprint density at radius 1 is 0.926 bits per heavy atom. The Kier molecular flexibility index (Phi) is 5.40. The van der Waals surface area contributed by atoms with Gasteiger partial charge in [-0.1, -0.05) is 42.5 Å². The van der Waals surface area contributed by atoms with E-state index in [1.807, 2.05) is 30.3 Å². The van der Waals surface area contributed by atoms with Gasteiger partial charge in [-0.2, -0.15) is 13.2 Å². The molecular weight excluding hydrogens is 355 g/mol. The summed E-state index contributed by atoms with van der Waals surface area (Å²) in [6, 6.07) is 17.5. The molecule has 3 rings (SSSR count). The van der Waals surface area contributed by atoms with Crippen LogP contribution in [0.2, 0.25) is 0 Å². The molecule has 3 aromatic rings. The molecule has 0 unspecified atom stereocenters. The smallest absolute Gasteiger partial charge is 0.340 e. The van der Waals surface area contributed by atoms with Gasteiger partial charge < -0.3 is 10.6 Å². The Balaban J connectivity index is 1.65. The second-order valence-electron chi connectivity index (χ2n) is 5.81. The number of aromatic nitrogens is 1. The molecule has 1 heterocycles. The van der Waals surface area contributed by atoms with Gasteiger partial charge in [0.1, 0.15) is 5.82 Å². The lowest BCUT2D eigenvalue weighted by Gasteiger charge is -2.14. The second-order valence-corrected chi connectivity index (χ2v) is 5.81. The minimum atomic E-state index is -4.46. The van der Waals surface area contributed by atoms with Crippen LogP contribution < -0.4 is 10.6 Å². The quantitative estimate of drug-likeness (QED) is 0.662. The van der Waals surface area contributed by atoms with Gasteiger partial charge in [0.05, 0.1) is 29.6 Å². The Hall–Kier alpha value is -3.35. The normalized spacial score (nSPS) is 11.1. The number of nitrogens with zero attached hydrogens (tertiary/aromatic N) is 1. The highest BCUT2D eigenvalue weighted by Crippen LogP contribution is 2.35. The zero-order chi connectivity index (χ0) is 19.3. The summed E-state index contributed by atoms with van der Waals surface area (Å²) in [7, 11) is 0. The summed E-state index contributed by atoms with van der Waals surface area (Å²) < 4.78 is 39.1. The van der Waals surface area contributed by atoms with Gasteiger partial charge >= 0.3 is 6.18 Å². The first-order valence-corrected chi connectivity index (χ1v) is 8.15. The van der Waals surface area contributed by atoms with Crippen LogP contribution in [0.3, 0.4) is 0 Å². The number of hydrogen-bond donors (Lipinski definition) is 2. The van der Waals surface area contributed by atoms with Crippen molar-refractivity contribution in [2.24, 2.45) is 0 Å². The predicted octanol–water partition coefficient (Wildman–Crippen LogP) is 5.03. The number of hydrogen-bond acceptors (Lipinski definition) is 3. The molecule has 0 saturated heterocycles. The van der Waals surface area contributed by atoms with Crippen molar-refractivity contribution in [1.82, 2.24) is 4.98 Å². The van der Waals surface area contributed by atoms with E-state index in [1.54, 1.807) is 6.07 Å². The number of para-hydroxylation sites is 1. The average Bonchev–Trinajstić information content (AvgIpc) is 2.64. The number of carbonyl (C=O) groups excluding carboxylic acids is 1. The molecule has 7 heteroatoms. The maximum atomic E-state index is 13.0. The van der Waals surface area contributed by atoms with Crippen LogP contribution in [0.4, 0.5) is 30.4 Å². The largest absolute Gasteiger partial charge is 0.418 e. The van der Waals surface area contributed by atoms with Crippen LogP contribution in [-0.2, 0) is 17.4 Å². The molecule has 2 aromatic carbocycles. The molecular formula is C20H16F3N3O. The number of alkyl halides is 3. The van der Waals surface area contributed by atoms with Crippen molar-refractivity contribution in [3.8, 4) is 0 Å². The summed E-state index contributed by atoms with van der Waals surface area (Å²) in [5.74, 6) is 0.0406. The average molecular weight is 371 g/mol. The van der Waals surface area contributed by atoms with E-state index in [9.17, 15) is 18.0 Å². The van der Waals surface area contributed by atoms with Crippen molar-refractivity contribution in [3.05, 3.63) is 84.1 Å². The molecule has 0 aliphatic heterocycles. The van der Waals surface area contributed by atoms with Gasteiger partial charge in [-0.3, -0.25) is 4.79 Å². The minimum Gasteiger partial charge on any atom is -0.340 e. The van der Waals surface area contributed by atoms with Crippen LogP contribution in [0.25, 0.3) is 0 Å². The van der Waals surface area contributed by atoms with E-state index in [1.165, 1.54) is 30.5 Å². The van der Waals surface area contributed by atoms with Gasteiger partial charge in [0, 0.05) is 0 Å². The van der Waals surface area contributed by atoms with Gasteiger partial charge in [-0.15, -0.1) is 0 Å². The van der Waals surface area contributed by atoms with E-state index >= 15 is 0 Å². The van der Waals surface area contributed by atoms with Gasteiger partial charge in [0.25, 0.3) is 0 Å². The lowest BCUT2D eigenvalue weighted by Crippen LogP contribution is -2.14. The Labute approximate surface area is 154 Å². The molecule has 2 N–H and O–H groups in total. The number of amides is 1. The first-order valence-electron chi connectivity index (χ1n) is 8.15. The van der Waals surface area contributed by atoms with E-state index in [4.69, 9.17) is 0 Å². The number of carbonyl (C=O) groups is 1. The molecule has 0 aliphatic rings. The highest BCUT2D eigenvalue weighted by molar-refractivity contribution is 5.92. The first-order chi connectivity index (χ1) is 12.9. The van der Waals surface area contributed by atoms with Crippen LogP contribution in [0.15, 0.2) is 72.9 Å². The molecule has 4 nitrogen and oxygen atoms in total. The van der Waals surface area contributed by atoms with Crippen molar-refractivity contribution in [2.45, 2.75) is 12.6 Å². The second kappa shape index (κ2) is 7.90. The predicted molar refractivity (Wildman–Crippen MR) is 97.7 cm³/mol. The molecule has 1 amide bonds. The highest BCUT2D eigenvalue weighted by Gasteiger charge is 2.33. The van der Waals surface area contributed by atoms with Gasteiger partial charge in [0.2, 0.25) is 5.91 Å². The van der Waals surface area contributed by atoms with Crippen molar-refractivity contribution >= 4 is 23.1 Å². The number of anilines is 3. The third kappa shape index (κ3) is 5.07. The Morgan fingerprint density at radius 2 is 1.63 bits per heavy atom. The van der Waals surface area contributed by atoms with Crippen molar-refractivity contribution in [1.29, 1.82) is 0 Å². The van der Waals surface area contributed by atoms with Crippen LogP contribution >= 0.6 is 0 Å². The third-order valence-electron chi connectivity index (χ3n) is 3.75. The molecule has 1 aromatic heterocycles. The summed E-state index contributed by atoms with van der Waals surface area (Å²) in [6.07, 6.45) is -2.85. The number of nitrogens with one attached hydrogen (secondary N) is 2. The van der Waals surface area contributed by atoms with E-state index in [-0.39, 0.29) is 23.8 Å². The number of pyridine rings is 1. The number of rotatable bonds is 5. The third-order valence-corrected chi connectivity index (χ3v) is 3.75. The van der Waals surface area contributed by atoms with Crippen LogP contribution in [0.1, 0.15) is 11.1 Å². The molecule has 0 aliphatic carbocycles. The van der Waals surface area contributed by atoms with E-state index < -0.39 is 11.7 Å². The molecule has 0 fully saturated rings. The van der Waals surface area contributed by atoms with Crippen molar-refractivity contribution < 1.29 is 18.0 Å². The van der Waals surface area contributed by atoms with Gasteiger partial charge in [-0.25, -0.2) is 4.98 Å². The number of benzene rings is 2. The summed E-state index contributed by atoms with van der Waals surface area (Å²) >= 11 is 0. The molecule has 0 saturated carbocycles. The van der Waals surface area contributed by atoms with Crippen molar-refractivity contribution in [2.75, 3.05) is 10.6 Å². The molecule has 0 atom stereocenters. The number of halogens is 3. The summed E-state index contributed by atoms with van der Waals surface area (Å²) in [5.41, 5.74) is 0.487. The Morgan fingerprint density at radius 3 is 2.30 bits per heavy atom. The maximum Gasteiger partial charge on any atom is 0.418 e. The summed E-state index contributed by atoms with van der Waals surface area (Å²) in [4.78, 5) is 16.1.